The molecule has 1 aromatic carbocycles. The highest BCUT2D eigenvalue weighted by Crippen LogP contribution is 2.20. The van der Waals surface area contributed by atoms with E-state index in [1.807, 2.05) is 11.4 Å². The lowest BCUT2D eigenvalue weighted by molar-refractivity contribution is -0.385. The standard InChI is InChI=1S/C14H11NO3S/c1-10-4-5-11(9-12(10)15(17)18)6-7-13(16)14-3-2-8-19-14/h2-9H,1H3/b7-6+. The lowest BCUT2D eigenvalue weighted by atomic mass is 10.1. The SMILES string of the molecule is Cc1ccc(/C=C/C(=O)c2cccs2)cc1[N+](=O)[O-]. The molecule has 4 nitrogen and oxygen atoms in total. The van der Waals surface area contributed by atoms with Gasteiger partial charge in [0.05, 0.1) is 9.80 Å². The Morgan fingerprint density at radius 3 is 2.79 bits per heavy atom. The minimum Gasteiger partial charge on any atom is -0.288 e. The zero-order valence-corrected chi connectivity index (χ0v) is 11.0. The molecular formula is C14H11NO3S. The number of rotatable bonds is 4. The van der Waals surface area contributed by atoms with E-state index in [1.165, 1.54) is 23.5 Å². The van der Waals surface area contributed by atoms with Crippen LogP contribution in [0.5, 0.6) is 0 Å². The lowest BCUT2D eigenvalue weighted by Crippen LogP contribution is -1.92. The maximum atomic E-state index is 11.8. The molecule has 0 unspecified atom stereocenters. The summed E-state index contributed by atoms with van der Waals surface area (Å²) in [4.78, 5) is 22.8. The van der Waals surface area contributed by atoms with Crippen molar-refractivity contribution in [3.8, 4) is 0 Å². The first-order valence-corrected chi connectivity index (χ1v) is 6.47. The summed E-state index contributed by atoms with van der Waals surface area (Å²) >= 11 is 1.37. The van der Waals surface area contributed by atoms with Crippen LogP contribution in [0.4, 0.5) is 5.69 Å². The van der Waals surface area contributed by atoms with Crippen LogP contribution >= 0.6 is 11.3 Å². The van der Waals surface area contributed by atoms with Crippen molar-refractivity contribution in [3.63, 3.8) is 0 Å². The molecule has 0 aliphatic carbocycles. The number of ketones is 1. The summed E-state index contributed by atoms with van der Waals surface area (Å²) < 4.78 is 0. The van der Waals surface area contributed by atoms with Gasteiger partial charge < -0.3 is 0 Å². The van der Waals surface area contributed by atoms with Crippen molar-refractivity contribution in [2.45, 2.75) is 6.92 Å². The Kier molecular flexibility index (Phi) is 3.87. The molecule has 5 heteroatoms. The molecule has 2 rings (SSSR count). The Hall–Kier alpha value is -2.27. The number of nitro groups is 1. The molecule has 1 aromatic heterocycles. The lowest BCUT2D eigenvalue weighted by Gasteiger charge is -1.98. The van der Waals surface area contributed by atoms with Gasteiger partial charge in [-0.1, -0.05) is 24.3 Å². The van der Waals surface area contributed by atoms with E-state index in [-0.39, 0.29) is 11.5 Å². The maximum Gasteiger partial charge on any atom is 0.272 e. The molecule has 0 spiro atoms. The quantitative estimate of drug-likeness (QED) is 0.368. The van der Waals surface area contributed by atoms with E-state index >= 15 is 0 Å². The van der Waals surface area contributed by atoms with Crippen LogP contribution in [-0.2, 0) is 0 Å². The summed E-state index contributed by atoms with van der Waals surface area (Å²) in [6.07, 6.45) is 3.02. The van der Waals surface area contributed by atoms with Gasteiger partial charge in [0.25, 0.3) is 5.69 Å². The van der Waals surface area contributed by atoms with Gasteiger partial charge in [-0.25, -0.2) is 0 Å². The number of hydrogen-bond acceptors (Lipinski definition) is 4. The fraction of sp³-hybridized carbons (Fsp3) is 0.0714. The molecule has 19 heavy (non-hydrogen) atoms. The molecule has 0 saturated carbocycles. The summed E-state index contributed by atoms with van der Waals surface area (Å²) in [7, 11) is 0. The predicted molar refractivity (Wildman–Crippen MR) is 75.5 cm³/mol. The predicted octanol–water partition coefficient (Wildman–Crippen LogP) is 3.86. The Labute approximate surface area is 114 Å². The van der Waals surface area contributed by atoms with Gasteiger partial charge in [0.15, 0.2) is 5.78 Å². The molecule has 0 aliphatic heterocycles. The van der Waals surface area contributed by atoms with Gasteiger partial charge in [0, 0.05) is 11.6 Å². The highest BCUT2D eigenvalue weighted by Gasteiger charge is 2.10. The number of carbonyl (C=O) groups excluding carboxylic acids is 1. The third kappa shape index (κ3) is 3.14. The summed E-state index contributed by atoms with van der Waals surface area (Å²) in [6, 6.07) is 8.44. The van der Waals surface area contributed by atoms with Crippen LogP contribution in [0.15, 0.2) is 41.8 Å². The van der Waals surface area contributed by atoms with Gasteiger partial charge in [0.2, 0.25) is 0 Å². The van der Waals surface area contributed by atoms with E-state index in [2.05, 4.69) is 0 Å². The fourth-order valence-electron chi connectivity index (χ4n) is 1.60. The molecule has 0 radical (unpaired) electrons. The Morgan fingerprint density at radius 2 is 2.16 bits per heavy atom. The Balaban J connectivity index is 2.22. The zero-order valence-electron chi connectivity index (χ0n) is 10.2. The third-order valence-corrected chi connectivity index (χ3v) is 3.51. The van der Waals surface area contributed by atoms with E-state index in [9.17, 15) is 14.9 Å². The second kappa shape index (κ2) is 5.58. The summed E-state index contributed by atoms with van der Waals surface area (Å²) in [5, 5.41) is 12.6. The molecule has 0 fully saturated rings. The van der Waals surface area contributed by atoms with Gasteiger partial charge in [-0.3, -0.25) is 14.9 Å². The molecular weight excluding hydrogens is 262 g/mol. The van der Waals surface area contributed by atoms with Crippen LogP contribution in [0.3, 0.4) is 0 Å². The number of benzene rings is 1. The van der Waals surface area contributed by atoms with Crippen LogP contribution in [0.2, 0.25) is 0 Å². The van der Waals surface area contributed by atoms with Gasteiger partial charge >= 0.3 is 0 Å². The maximum absolute atomic E-state index is 11.8. The van der Waals surface area contributed by atoms with Crippen molar-refractivity contribution in [1.29, 1.82) is 0 Å². The molecule has 0 aliphatic rings. The fourth-order valence-corrected chi connectivity index (χ4v) is 2.24. The van der Waals surface area contributed by atoms with Gasteiger partial charge in [-0.15, -0.1) is 11.3 Å². The topological polar surface area (TPSA) is 60.2 Å². The first kappa shape index (κ1) is 13.2. The smallest absolute Gasteiger partial charge is 0.272 e. The summed E-state index contributed by atoms with van der Waals surface area (Å²) in [6.45, 7) is 1.68. The number of carbonyl (C=O) groups is 1. The van der Waals surface area contributed by atoms with Crippen molar-refractivity contribution >= 4 is 28.9 Å². The largest absolute Gasteiger partial charge is 0.288 e. The van der Waals surface area contributed by atoms with Crippen LogP contribution in [0, 0.1) is 17.0 Å². The van der Waals surface area contributed by atoms with E-state index in [4.69, 9.17) is 0 Å². The first-order valence-electron chi connectivity index (χ1n) is 5.59. The normalized spacial score (nSPS) is 10.8. The molecule has 1 heterocycles. The Morgan fingerprint density at radius 1 is 1.37 bits per heavy atom. The monoisotopic (exact) mass is 273 g/mol. The average Bonchev–Trinajstić information content (AvgIpc) is 2.91. The minimum atomic E-state index is -0.423. The van der Waals surface area contributed by atoms with Crippen molar-refractivity contribution in [1.82, 2.24) is 0 Å². The van der Waals surface area contributed by atoms with E-state index in [0.29, 0.717) is 16.0 Å². The second-order valence-corrected chi connectivity index (χ2v) is 4.93. The van der Waals surface area contributed by atoms with Crippen molar-refractivity contribution in [2.24, 2.45) is 0 Å². The summed E-state index contributed by atoms with van der Waals surface area (Å²) in [5.41, 5.74) is 1.31. The van der Waals surface area contributed by atoms with E-state index in [0.717, 1.165) is 0 Å². The van der Waals surface area contributed by atoms with Gasteiger partial charge in [0.1, 0.15) is 0 Å². The minimum absolute atomic E-state index is 0.0609. The van der Waals surface area contributed by atoms with Crippen LogP contribution < -0.4 is 0 Å². The molecule has 2 aromatic rings. The van der Waals surface area contributed by atoms with Crippen molar-refractivity contribution < 1.29 is 9.72 Å². The number of nitro benzene ring substituents is 1. The van der Waals surface area contributed by atoms with Gasteiger partial charge in [-0.05, 0) is 30.0 Å². The Bertz CT molecular complexity index is 645. The molecule has 96 valence electrons. The zero-order chi connectivity index (χ0) is 13.8. The summed E-state index contributed by atoms with van der Waals surface area (Å²) in [5.74, 6) is -0.0989. The number of allylic oxidation sites excluding steroid dienone is 1. The molecule has 0 atom stereocenters. The van der Waals surface area contributed by atoms with Crippen molar-refractivity contribution in [3.05, 3.63) is 67.9 Å². The van der Waals surface area contributed by atoms with E-state index in [1.54, 1.807) is 31.2 Å². The average molecular weight is 273 g/mol. The highest BCUT2D eigenvalue weighted by molar-refractivity contribution is 7.12. The first-order chi connectivity index (χ1) is 9.08. The third-order valence-electron chi connectivity index (χ3n) is 2.62. The molecule has 0 saturated heterocycles. The molecule has 0 amide bonds. The second-order valence-electron chi connectivity index (χ2n) is 3.98. The molecule has 0 bridgehead atoms. The van der Waals surface area contributed by atoms with Crippen molar-refractivity contribution in [2.75, 3.05) is 0 Å². The number of aryl methyl sites for hydroxylation is 1. The number of hydrogen-bond donors (Lipinski definition) is 0. The van der Waals surface area contributed by atoms with Gasteiger partial charge in [-0.2, -0.15) is 0 Å². The van der Waals surface area contributed by atoms with Crippen LogP contribution in [0.1, 0.15) is 20.8 Å². The molecule has 0 N–H and O–H groups in total. The number of nitrogens with zero attached hydrogens (tertiary/aromatic N) is 1. The van der Waals surface area contributed by atoms with Crippen LogP contribution in [0.25, 0.3) is 6.08 Å². The number of thiophene rings is 1. The van der Waals surface area contributed by atoms with Crippen LogP contribution in [-0.4, -0.2) is 10.7 Å². The van der Waals surface area contributed by atoms with E-state index < -0.39 is 4.92 Å². The highest BCUT2D eigenvalue weighted by atomic mass is 32.1.